The second kappa shape index (κ2) is 7.07. The van der Waals surface area contributed by atoms with Gasteiger partial charge >= 0.3 is 0 Å². The molecule has 0 aromatic rings. The molecule has 2 unspecified atom stereocenters. The van der Waals surface area contributed by atoms with E-state index in [1.165, 1.54) is 25.7 Å². The van der Waals surface area contributed by atoms with Crippen molar-refractivity contribution in [1.82, 2.24) is 15.1 Å². The summed E-state index contributed by atoms with van der Waals surface area (Å²) in [5, 5.41) is 3.60. The van der Waals surface area contributed by atoms with Gasteiger partial charge in [0, 0.05) is 26.2 Å². The molecule has 0 spiro atoms. The first-order chi connectivity index (χ1) is 10.3. The molecule has 1 aliphatic carbocycles. The Kier molecular flexibility index (Phi) is 5.14. The maximum atomic E-state index is 12.6. The molecule has 3 aliphatic rings. The zero-order valence-electron chi connectivity index (χ0n) is 13.2. The van der Waals surface area contributed by atoms with Crippen LogP contribution in [0.3, 0.4) is 0 Å². The molecule has 2 aliphatic heterocycles. The summed E-state index contributed by atoms with van der Waals surface area (Å²) in [5.41, 5.74) is 0. The summed E-state index contributed by atoms with van der Waals surface area (Å²) in [7, 11) is 0. The standard InChI is InChI=1S/C16H29N3O2/c1-2-14-16(20)19(8-7-18-9-11-21-12-10-18)15(17-14)13-5-3-4-6-13/h13-15,17H,2-12H2,1H3. The Bertz CT molecular complexity index is 351. The van der Waals surface area contributed by atoms with Crippen molar-refractivity contribution in [3.8, 4) is 0 Å². The van der Waals surface area contributed by atoms with Crippen LogP contribution >= 0.6 is 0 Å². The molecular formula is C16H29N3O2. The molecule has 2 heterocycles. The third-order valence-corrected chi connectivity index (χ3v) is 5.30. The van der Waals surface area contributed by atoms with E-state index in [1.54, 1.807) is 0 Å². The second-order valence-corrected chi connectivity index (χ2v) is 6.60. The van der Waals surface area contributed by atoms with Gasteiger partial charge < -0.3 is 9.64 Å². The van der Waals surface area contributed by atoms with Crippen LogP contribution in [0.1, 0.15) is 39.0 Å². The minimum atomic E-state index is 0.0419. The van der Waals surface area contributed by atoms with Crippen molar-refractivity contribution >= 4 is 5.91 Å². The van der Waals surface area contributed by atoms with Crippen molar-refractivity contribution in [2.45, 2.75) is 51.2 Å². The average Bonchev–Trinajstić information content (AvgIpc) is 3.14. The number of hydrogen-bond donors (Lipinski definition) is 1. The maximum absolute atomic E-state index is 12.6. The summed E-state index contributed by atoms with van der Waals surface area (Å²) < 4.78 is 5.39. The zero-order chi connectivity index (χ0) is 14.7. The SMILES string of the molecule is CCC1NC(C2CCCC2)N(CCN2CCOCC2)C1=O. The lowest BCUT2D eigenvalue weighted by molar-refractivity contribution is -0.131. The van der Waals surface area contributed by atoms with Crippen LogP contribution in [0.5, 0.6) is 0 Å². The number of morpholine rings is 1. The third kappa shape index (κ3) is 3.41. The number of nitrogens with one attached hydrogen (secondary N) is 1. The van der Waals surface area contributed by atoms with Crippen LogP contribution in [0.2, 0.25) is 0 Å². The van der Waals surface area contributed by atoms with Gasteiger partial charge in [0.05, 0.1) is 25.4 Å². The van der Waals surface area contributed by atoms with Gasteiger partial charge in [-0.1, -0.05) is 19.8 Å². The second-order valence-electron chi connectivity index (χ2n) is 6.60. The van der Waals surface area contributed by atoms with E-state index in [0.717, 1.165) is 45.8 Å². The van der Waals surface area contributed by atoms with E-state index in [2.05, 4.69) is 22.0 Å². The van der Waals surface area contributed by atoms with Crippen molar-refractivity contribution in [3.05, 3.63) is 0 Å². The number of carbonyl (C=O) groups is 1. The highest BCUT2D eigenvalue weighted by Gasteiger charge is 2.42. The minimum Gasteiger partial charge on any atom is -0.379 e. The maximum Gasteiger partial charge on any atom is 0.241 e. The van der Waals surface area contributed by atoms with Gasteiger partial charge in [-0.3, -0.25) is 15.0 Å². The molecular weight excluding hydrogens is 266 g/mol. The smallest absolute Gasteiger partial charge is 0.241 e. The molecule has 1 N–H and O–H groups in total. The summed E-state index contributed by atoms with van der Waals surface area (Å²) in [6, 6.07) is 0.0419. The molecule has 5 heteroatoms. The van der Waals surface area contributed by atoms with E-state index >= 15 is 0 Å². The van der Waals surface area contributed by atoms with Crippen molar-refractivity contribution in [2.75, 3.05) is 39.4 Å². The molecule has 5 nitrogen and oxygen atoms in total. The molecule has 1 saturated carbocycles. The summed E-state index contributed by atoms with van der Waals surface area (Å²) in [6.07, 6.45) is 6.38. The van der Waals surface area contributed by atoms with Crippen LogP contribution in [-0.2, 0) is 9.53 Å². The number of rotatable bonds is 5. The molecule has 21 heavy (non-hydrogen) atoms. The Morgan fingerprint density at radius 3 is 2.57 bits per heavy atom. The third-order valence-electron chi connectivity index (χ3n) is 5.30. The Morgan fingerprint density at radius 1 is 1.19 bits per heavy atom. The largest absolute Gasteiger partial charge is 0.379 e. The monoisotopic (exact) mass is 295 g/mol. The summed E-state index contributed by atoms with van der Waals surface area (Å²) in [4.78, 5) is 17.2. The van der Waals surface area contributed by atoms with E-state index in [0.29, 0.717) is 11.8 Å². The lowest BCUT2D eigenvalue weighted by atomic mass is 10.0. The van der Waals surface area contributed by atoms with Gasteiger partial charge in [-0.15, -0.1) is 0 Å². The van der Waals surface area contributed by atoms with E-state index < -0.39 is 0 Å². The van der Waals surface area contributed by atoms with E-state index in [1.807, 2.05) is 0 Å². The predicted molar refractivity (Wildman–Crippen MR) is 81.9 cm³/mol. The van der Waals surface area contributed by atoms with Crippen LogP contribution in [-0.4, -0.2) is 67.3 Å². The first-order valence-corrected chi connectivity index (χ1v) is 8.66. The molecule has 1 amide bonds. The lowest BCUT2D eigenvalue weighted by Crippen LogP contribution is -2.47. The number of nitrogens with zero attached hydrogens (tertiary/aromatic N) is 2. The lowest BCUT2D eigenvalue weighted by Gasteiger charge is -2.32. The molecule has 0 radical (unpaired) electrons. The average molecular weight is 295 g/mol. The Balaban J connectivity index is 1.59. The molecule has 120 valence electrons. The van der Waals surface area contributed by atoms with Gasteiger partial charge in [-0.2, -0.15) is 0 Å². The van der Waals surface area contributed by atoms with Crippen LogP contribution in [0.15, 0.2) is 0 Å². The number of carbonyl (C=O) groups excluding carboxylic acids is 1. The van der Waals surface area contributed by atoms with Gasteiger partial charge in [0.15, 0.2) is 0 Å². The fourth-order valence-electron chi connectivity index (χ4n) is 3.98. The predicted octanol–water partition coefficient (Wildman–Crippen LogP) is 1.05. The van der Waals surface area contributed by atoms with Crippen molar-refractivity contribution in [3.63, 3.8) is 0 Å². The highest BCUT2D eigenvalue weighted by molar-refractivity contribution is 5.84. The molecule has 0 bridgehead atoms. The van der Waals surface area contributed by atoms with Crippen molar-refractivity contribution in [2.24, 2.45) is 5.92 Å². The minimum absolute atomic E-state index is 0.0419. The van der Waals surface area contributed by atoms with Gasteiger partial charge in [0.2, 0.25) is 5.91 Å². The Labute approximate surface area is 128 Å². The molecule has 3 fully saturated rings. The summed E-state index contributed by atoms with van der Waals surface area (Å²) >= 11 is 0. The van der Waals surface area contributed by atoms with Crippen LogP contribution in [0.4, 0.5) is 0 Å². The van der Waals surface area contributed by atoms with Crippen molar-refractivity contribution in [1.29, 1.82) is 0 Å². The number of ether oxygens (including phenoxy) is 1. The highest BCUT2D eigenvalue weighted by atomic mass is 16.5. The summed E-state index contributed by atoms with van der Waals surface area (Å²) in [6.45, 7) is 7.61. The van der Waals surface area contributed by atoms with E-state index in [4.69, 9.17) is 4.74 Å². The first kappa shape index (κ1) is 15.3. The summed E-state index contributed by atoms with van der Waals surface area (Å²) in [5.74, 6) is 0.984. The van der Waals surface area contributed by atoms with Gasteiger partial charge in [0.1, 0.15) is 0 Å². The van der Waals surface area contributed by atoms with Crippen LogP contribution in [0, 0.1) is 5.92 Å². The van der Waals surface area contributed by atoms with E-state index in [9.17, 15) is 4.79 Å². The van der Waals surface area contributed by atoms with Gasteiger partial charge in [-0.05, 0) is 25.2 Å². The van der Waals surface area contributed by atoms with Crippen LogP contribution in [0.25, 0.3) is 0 Å². The number of amides is 1. The Morgan fingerprint density at radius 2 is 1.90 bits per heavy atom. The molecule has 2 saturated heterocycles. The number of hydrogen-bond acceptors (Lipinski definition) is 4. The quantitative estimate of drug-likeness (QED) is 0.823. The topological polar surface area (TPSA) is 44.8 Å². The van der Waals surface area contributed by atoms with Gasteiger partial charge in [-0.25, -0.2) is 0 Å². The highest BCUT2D eigenvalue weighted by Crippen LogP contribution is 2.32. The Hall–Kier alpha value is -0.650. The van der Waals surface area contributed by atoms with Crippen LogP contribution < -0.4 is 5.32 Å². The molecule has 0 aromatic carbocycles. The fraction of sp³-hybridized carbons (Fsp3) is 0.938. The van der Waals surface area contributed by atoms with Gasteiger partial charge in [0.25, 0.3) is 0 Å². The molecule has 3 rings (SSSR count). The molecule has 2 atom stereocenters. The normalized spacial score (nSPS) is 32.2. The molecule has 0 aromatic heterocycles. The fourth-order valence-corrected chi connectivity index (χ4v) is 3.98. The zero-order valence-corrected chi connectivity index (χ0v) is 13.2. The van der Waals surface area contributed by atoms with E-state index in [-0.39, 0.29) is 12.2 Å². The van der Waals surface area contributed by atoms with Crippen molar-refractivity contribution < 1.29 is 9.53 Å². The first-order valence-electron chi connectivity index (χ1n) is 8.66.